The largest absolute Gasteiger partial charge is 0.399 e. The Kier molecular flexibility index (Phi) is 4.75. The third kappa shape index (κ3) is 3.77. The van der Waals surface area contributed by atoms with E-state index in [1.807, 2.05) is 10.6 Å². The van der Waals surface area contributed by atoms with Gasteiger partial charge in [-0.3, -0.25) is 0 Å². The molecule has 1 aromatic carbocycles. The summed E-state index contributed by atoms with van der Waals surface area (Å²) in [6.45, 7) is 6.10. The normalized spacial score (nSPS) is 17.0. The average molecular weight is 387 g/mol. The van der Waals surface area contributed by atoms with Crippen LogP contribution in [0.1, 0.15) is 26.3 Å². The van der Waals surface area contributed by atoms with E-state index in [0.717, 1.165) is 30.8 Å². The van der Waals surface area contributed by atoms with Crippen LogP contribution in [0.15, 0.2) is 24.5 Å². The summed E-state index contributed by atoms with van der Waals surface area (Å²) >= 11 is 6.13. The van der Waals surface area contributed by atoms with Crippen molar-refractivity contribution in [3.8, 4) is 0 Å². The second kappa shape index (κ2) is 7.21. The molecule has 0 spiro atoms. The first-order chi connectivity index (χ1) is 13.0. The predicted molar refractivity (Wildman–Crippen MR) is 110 cm³/mol. The van der Waals surface area contributed by atoms with Gasteiger partial charge in [0.15, 0.2) is 17.0 Å². The molecule has 3 heterocycles. The zero-order chi connectivity index (χ0) is 19.0. The van der Waals surface area contributed by atoms with Gasteiger partial charge in [0.1, 0.15) is 0 Å². The summed E-state index contributed by atoms with van der Waals surface area (Å²) in [7, 11) is 0. The van der Waals surface area contributed by atoms with Crippen molar-refractivity contribution in [3.05, 3.63) is 29.5 Å². The maximum absolute atomic E-state index is 6.13. The molecule has 1 saturated heterocycles. The van der Waals surface area contributed by atoms with E-state index in [-0.39, 0.29) is 6.04 Å². The van der Waals surface area contributed by atoms with Gasteiger partial charge in [0, 0.05) is 35.0 Å². The van der Waals surface area contributed by atoms with Gasteiger partial charge >= 0.3 is 0 Å². The monoisotopic (exact) mass is 386 g/mol. The van der Waals surface area contributed by atoms with Crippen LogP contribution in [0.5, 0.6) is 0 Å². The predicted octanol–water partition coefficient (Wildman–Crippen LogP) is 3.16. The van der Waals surface area contributed by atoms with Gasteiger partial charge in [-0.1, -0.05) is 11.6 Å². The first kappa shape index (κ1) is 17.8. The number of nitrogens with two attached hydrogens (primary N) is 1. The van der Waals surface area contributed by atoms with E-state index in [9.17, 15) is 0 Å². The maximum atomic E-state index is 6.13. The van der Waals surface area contributed by atoms with Crippen molar-refractivity contribution in [2.24, 2.45) is 0 Å². The fourth-order valence-corrected chi connectivity index (χ4v) is 3.47. The van der Waals surface area contributed by atoms with E-state index < -0.39 is 0 Å². The topological polar surface area (TPSA) is 106 Å². The number of nitrogens with one attached hydrogen (secondary N) is 3. The van der Waals surface area contributed by atoms with Crippen LogP contribution in [-0.4, -0.2) is 38.7 Å². The maximum Gasteiger partial charge on any atom is 0.227 e. The number of rotatable bonds is 5. The Bertz CT molecular complexity index is 941. The molecule has 3 aromatic rings. The van der Waals surface area contributed by atoms with Crippen molar-refractivity contribution >= 4 is 45.9 Å². The molecule has 4 rings (SSSR count). The highest BCUT2D eigenvalue weighted by Gasteiger charge is 2.19. The number of nitrogen functional groups attached to an aromatic ring is 1. The van der Waals surface area contributed by atoms with Crippen molar-refractivity contribution in [2.45, 2.75) is 32.4 Å². The smallest absolute Gasteiger partial charge is 0.227 e. The standard InChI is InChI=1S/C18H23ClN8/c1-10(2)27-9-22-15-16(23-14-6-11(19)5-12(20)7-14)25-18(26-17(15)27)24-13-3-4-21-8-13/h5-7,9-10,13,21H,3-4,8,20H2,1-2H3,(H2,23,24,25,26). The number of hydrogen-bond donors (Lipinski definition) is 4. The molecule has 1 aliphatic heterocycles. The summed E-state index contributed by atoms with van der Waals surface area (Å²) in [6.07, 6.45) is 2.83. The lowest BCUT2D eigenvalue weighted by Crippen LogP contribution is -2.23. The lowest BCUT2D eigenvalue weighted by Gasteiger charge is -2.15. The Morgan fingerprint density at radius 1 is 1.30 bits per heavy atom. The third-order valence-corrected chi connectivity index (χ3v) is 4.77. The summed E-state index contributed by atoms with van der Waals surface area (Å²) < 4.78 is 2.03. The van der Waals surface area contributed by atoms with Crippen molar-refractivity contribution in [3.63, 3.8) is 0 Å². The Hall–Kier alpha value is -2.58. The summed E-state index contributed by atoms with van der Waals surface area (Å²) in [5.74, 6) is 1.20. The van der Waals surface area contributed by atoms with Gasteiger partial charge < -0.3 is 26.3 Å². The van der Waals surface area contributed by atoms with E-state index in [0.29, 0.717) is 34.0 Å². The SMILES string of the molecule is CC(C)n1cnc2c(Nc3cc(N)cc(Cl)c3)nc(NC3CCNC3)nc21. The lowest BCUT2D eigenvalue weighted by atomic mass is 10.2. The van der Waals surface area contributed by atoms with Crippen LogP contribution in [0.25, 0.3) is 11.2 Å². The second-order valence-corrected chi connectivity index (χ2v) is 7.48. The van der Waals surface area contributed by atoms with Gasteiger partial charge in [0.25, 0.3) is 0 Å². The van der Waals surface area contributed by atoms with Crippen LogP contribution < -0.4 is 21.7 Å². The molecule has 1 unspecified atom stereocenters. The molecule has 5 N–H and O–H groups in total. The van der Waals surface area contributed by atoms with Gasteiger partial charge in [0.05, 0.1) is 6.33 Å². The van der Waals surface area contributed by atoms with Crippen LogP contribution >= 0.6 is 11.6 Å². The average Bonchev–Trinajstić information content (AvgIpc) is 3.23. The molecule has 9 heteroatoms. The zero-order valence-electron chi connectivity index (χ0n) is 15.3. The number of halogens is 1. The van der Waals surface area contributed by atoms with Crippen molar-refractivity contribution in [2.75, 3.05) is 29.5 Å². The van der Waals surface area contributed by atoms with Crippen LogP contribution in [0.2, 0.25) is 5.02 Å². The molecule has 8 nitrogen and oxygen atoms in total. The lowest BCUT2D eigenvalue weighted by molar-refractivity contribution is 0.612. The summed E-state index contributed by atoms with van der Waals surface area (Å²) in [5, 5.41) is 10.6. The summed E-state index contributed by atoms with van der Waals surface area (Å²) in [6, 6.07) is 5.87. The van der Waals surface area contributed by atoms with Gasteiger partial charge in [0.2, 0.25) is 5.95 Å². The summed E-state index contributed by atoms with van der Waals surface area (Å²) in [5.41, 5.74) is 8.74. The molecule has 0 saturated carbocycles. The van der Waals surface area contributed by atoms with Gasteiger partial charge in [-0.25, -0.2) is 4.98 Å². The number of hydrogen-bond acceptors (Lipinski definition) is 7. The molecule has 2 aromatic heterocycles. The Morgan fingerprint density at radius 2 is 2.15 bits per heavy atom. The molecule has 27 heavy (non-hydrogen) atoms. The second-order valence-electron chi connectivity index (χ2n) is 7.05. The van der Waals surface area contributed by atoms with Gasteiger partial charge in [-0.15, -0.1) is 0 Å². The Balaban J connectivity index is 1.76. The van der Waals surface area contributed by atoms with Crippen LogP contribution in [0.3, 0.4) is 0 Å². The first-order valence-electron chi connectivity index (χ1n) is 9.04. The molecule has 142 valence electrons. The van der Waals surface area contributed by atoms with Crippen molar-refractivity contribution < 1.29 is 0 Å². The van der Waals surface area contributed by atoms with Crippen molar-refractivity contribution in [1.29, 1.82) is 0 Å². The third-order valence-electron chi connectivity index (χ3n) is 4.55. The number of anilines is 4. The van der Waals surface area contributed by atoms with E-state index in [1.54, 1.807) is 18.5 Å². The molecule has 1 fully saturated rings. The molecular formula is C18H23ClN8. The fraction of sp³-hybridized carbons (Fsp3) is 0.389. The first-order valence-corrected chi connectivity index (χ1v) is 9.42. The zero-order valence-corrected chi connectivity index (χ0v) is 16.1. The molecular weight excluding hydrogens is 364 g/mol. The van der Waals surface area contributed by atoms with Gasteiger partial charge in [-0.2, -0.15) is 9.97 Å². The van der Waals surface area contributed by atoms with E-state index in [1.165, 1.54) is 0 Å². The van der Waals surface area contributed by atoms with E-state index in [4.69, 9.17) is 22.3 Å². The fourth-order valence-electron chi connectivity index (χ4n) is 3.23. The number of benzene rings is 1. The minimum Gasteiger partial charge on any atom is -0.399 e. The highest BCUT2D eigenvalue weighted by atomic mass is 35.5. The Labute approximate surface area is 162 Å². The molecule has 0 radical (unpaired) electrons. The molecule has 0 amide bonds. The number of fused-ring (bicyclic) bond motifs is 1. The quantitative estimate of drug-likeness (QED) is 0.499. The van der Waals surface area contributed by atoms with Crippen molar-refractivity contribution in [1.82, 2.24) is 24.8 Å². The molecule has 1 atom stereocenters. The van der Waals surface area contributed by atoms with Crippen LogP contribution in [0.4, 0.5) is 23.1 Å². The molecule has 0 bridgehead atoms. The number of imidazole rings is 1. The highest BCUT2D eigenvalue weighted by molar-refractivity contribution is 6.31. The van der Waals surface area contributed by atoms with E-state index >= 15 is 0 Å². The number of nitrogens with zero attached hydrogens (tertiary/aromatic N) is 4. The molecule has 1 aliphatic rings. The van der Waals surface area contributed by atoms with Gasteiger partial charge in [-0.05, 0) is 45.0 Å². The van der Waals surface area contributed by atoms with Crippen LogP contribution in [0, 0.1) is 0 Å². The molecule has 0 aliphatic carbocycles. The minimum absolute atomic E-state index is 0.237. The summed E-state index contributed by atoms with van der Waals surface area (Å²) in [4.78, 5) is 13.9. The minimum atomic E-state index is 0.237. The van der Waals surface area contributed by atoms with Crippen LogP contribution in [-0.2, 0) is 0 Å². The van der Waals surface area contributed by atoms with E-state index in [2.05, 4.69) is 39.8 Å². The Morgan fingerprint density at radius 3 is 2.85 bits per heavy atom. The number of aromatic nitrogens is 4. The highest BCUT2D eigenvalue weighted by Crippen LogP contribution is 2.28.